The van der Waals surface area contributed by atoms with E-state index < -0.39 is 0 Å². The van der Waals surface area contributed by atoms with Crippen molar-refractivity contribution in [2.45, 2.75) is 25.3 Å². The van der Waals surface area contributed by atoms with E-state index in [0.717, 1.165) is 6.42 Å². The summed E-state index contributed by atoms with van der Waals surface area (Å²) in [4.78, 5) is 0. The monoisotopic (exact) mass is 323 g/mol. The maximum atomic E-state index is 3.65. The summed E-state index contributed by atoms with van der Waals surface area (Å²) in [5, 5.41) is 7.85. The predicted octanol–water partition coefficient (Wildman–Crippen LogP) is 4.96. The van der Waals surface area contributed by atoms with Crippen molar-refractivity contribution in [3.8, 4) is 0 Å². The van der Waals surface area contributed by atoms with E-state index in [1.54, 1.807) is 11.3 Å². The molecule has 0 saturated heterocycles. The second-order valence-corrected chi connectivity index (χ2v) is 5.96. The van der Waals surface area contributed by atoms with Gasteiger partial charge in [0.1, 0.15) is 0 Å². The molecule has 1 aromatic carbocycles. The molecule has 1 aromatic heterocycles. The second-order valence-electron chi connectivity index (χ2n) is 4.37. The van der Waals surface area contributed by atoms with Crippen LogP contribution in [0.2, 0.25) is 0 Å². The molecular weight excluding hydrogens is 306 g/mol. The summed E-state index contributed by atoms with van der Waals surface area (Å²) in [6.45, 7) is 2.25. The largest absolute Gasteiger partial charge is 0.312 e. The number of hydrogen-bond donors (Lipinski definition) is 1. The highest BCUT2D eigenvalue weighted by molar-refractivity contribution is 9.10. The first-order valence-electron chi connectivity index (χ1n) is 6.21. The van der Waals surface area contributed by atoms with E-state index in [9.17, 15) is 0 Å². The molecule has 0 aliphatic heterocycles. The van der Waals surface area contributed by atoms with Gasteiger partial charge in [0.05, 0.1) is 0 Å². The van der Waals surface area contributed by atoms with Crippen LogP contribution < -0.4 is 5.32 Å². The molecular formula is C15H18BrNS. The topological polar surface area (TPSA) is 12.0 Å². The molecule has 18 heavy (non-hydrogen) atoms. The van der Waals surface area contributed by atoms with Gasteiger partial charge in [-0.1, -0.05) is 37.3 Å². The molecule has 1 nitrogen and oxygen atoms in total. The molecule has 3 heteroatoms. The first-order chi connectivity index (χ1) is 8.77. The Balaban J connectivity index is 2.34. The summed E-state index contributed by atoms with van der Waals surface area (Å²) in [6, 6.07) is 11.1. The standard InChI is InChI=1S/C15H18BrNS/c1-3-12(11-7-5-4-6-8-11)15(17-2)13-9-18-10-14(13)16/h4-10,12,15,17H,3H2,1-2H3. The van der Waals surface area contributed by atoms with Crippen molar-refractivity contribution in [1.29, 1.82) is 0 Å². The fourth-order valence-corrected chi connectivity index (χ4v) is 4.03. The van der Waals surface area contributed by atoms with Crippen molar-refractivity contribution >= 4 is 27.3 Å². The van der Waals surface area contributed by atoms with Crippen LogP contribution in [0.15, 0.2) is 45.6 Å². The van der Waals surface area contributed by atoms with Crippen LogP contribution in [-0.2, 0) is 0 Å². The van der Waals surface area contributed by atoms with Crippen molar-refractivity contribution in [3.05, 3.63) is 56.7 Å². The molecule has 0 spiro atoms. The van der Waals surface area contributed by atoms with Gasteiger partial charge < -0.3 is 5.32 Å². The molecule has 0 aliphatic rings. The smallest absolute Gasteiger partial charge is 0.0406 e. The summed E-state index contributed by atoms with van der Waals surface area (Å²) >= 11 is 5.39. The fourth-order valence-electron chi connectivity index (χ4n) is 2.45. The number of benzene rings is 1. The van der Waals surface area contributed by atoms with E-state index in [4.69, 9.17) is 0 Å². The Hall–Kier alpha value is -0.640. The quantitative estimate of drug-likeness (QED) is 0.819. The molecule has 0 fully saturated rings. The number of thiophene rings is 1. The van der Waals surface area contributed by atoms with Gasteiger partial charge in [0, 0.05) is 21.8 Å². The Morgan fingerprint density at radius 1 is 1.22 bits per heavy atom. The maximum Gasteiger partial charge on any atom is 0.0406 e. The molecule has 1 heterocycles. The van der Waals surface area contributed by atoms with E-state index in [2.05, 4.69) is 69.3 Å². The van der Waals surface area contributed by atoms with Crippen LogP contribution in [-0.4, -0.2) is 7.05 Å². The van der Waals surface area contributed by atoms with Gasteiger partial charge in [0.2, 0.25) is 0 Å². The highest BCUT2D eigenvalue weighted by atomic mass is 79.9. The van der Waals surface area contributed by atoms with Gasteiger partial charge in [0.25, 0.3) is 0 Å². The van der Waals surface area contributed by atoms with E-state index in [-0.39, 0.29) is 0 Å². The molecule has 0 amide bonds. The minimum absolute atomic E-state index is 0.359. The zero-order valence-corrected chi connectivity index (χ0v) is 13.1. The van der Waals surface area contributed by atoms with Crippen molar-refractivity contribution in [2.24, 2.45) is 0 Å². The van der Waals surface area contributed by atoms with Gasteiger partial charge >= 0.3 is 0 Å². The molecule has 0 saturated carbocycles. The summed E-state index contributed by atoms with van der Waals surface area (Å²) in [6.07, 6.45) is 1.12. The molecule has 0 bridgehead atoms. The second kappa shape index (κ2) is 6.50. The lowest BCUT2D eigenvalue weighted by atomic mass is 9.86. The van der Waals surface area contributed by atoms with Gasteiger partial charge in [-0.05, 0) is 45.9 Å². The third-order valence-corrected chi connectivity index (χ3v) is 5.11. The molecule has 1 N–H and O–H groups in total. The molecule has 2 rings (SSSR count). The Morgan fingerprint density at radius 3 is 2.44 bits per heavy atom. The number of hydrogen-bond acceptors (Lipinski definition) is 2. The van der Waals surface area contributed by atoms with Crippen molar-refractivity contribution < 1.29 is 0 Å². The lowest BCUT2D eigenvalue weighted by molar-refractivity contribution is 0.468. The maximum absolute atomic E-state index is 3.65. The molecule has 0 radical (unpaired) electrons. The Morgan fingerprint density at radius 2 is 1.94 bits per heavy atom. The van der Waals surface area contributed by atoms with E-state index >= 15 is 0 Å². The van der Waals surface area contributed by atoms with Crippen LogP contribution in [0.1, 0.15) is 36.4 Å². The van der Waals surface area contributed by atoms with E-state index in [0.29, 0.717) is 12.0 Å². The van der Waals surface area contributed by atoms with Crippen molar-refractivity contribution in [1.82, 2.24) is 5.32 Å². The molecule has 2 atom stereocenters. The Labute approximate surface area is 121 Å². The zero-order valence-electron chi connectivity index (χ0n) is 10.7. The summed E-state index contributed by atoms with van der Waals surface area (Å²) < 4.78 is 1.21. The van der Waals surface area contributed by atoms with Crippen molar-refractivity contribution in [3.63, 3.8) is 0 Å². The van der Waals surface area contributed by atoms with Crippen molar-refractivity contribution in [2.75, 3.05) is 7.05 Å². The first-order valence-corrected chi connectivity index (χ1v) is 7.95. The predicted molar refractivity (Wildman–Crippen MR) is 83.3 cm³/mol. The normalized spacial score (nSPS) is 14.4. The van der Waals surface area contributed by atoms with E-state index in [1.807, 2.05) is 7.05 Å². The lowest BCUT2D eigenvalue weighted by Crippen LogP contribution is -2.23. The highest BCUT2D eigenvalue weighted by Gasteiger charge is 2.23. The third kappa shape index (κ3) is 2.85. The van der Waals surface area contributed by atoms with E-state index in [1.165, 1.54) is 15.6 Å². The number of halogens is 1. The molecule has 2 aromatic rings. The lowest BCUT2D eigenvalue weighted by Gasteiger charge is -2.26. The van der Waals surface area contributed by atoms with Crippen LogP contribution in [0, 0.1) is 0 Å². The Kier molecular flexibility index (Phi) is 4.98. The average Bonchev–Trinajstić information content (AvgIpc) is 2.83. The molecule has 2 unspecified atom stereocenters. The highest BCUT2D eigenvalue weighted by Crippen LogP contribution is 2.38. The van der Waals surface area contributed by atoms with Gasteiger partial charge in [-0.15, -0.1) is 0 Å². The van der Waals surface area contributed by atoms with Crippen LogP contribution in [0.25, 0.3) is 0 Å². The van der Waals surface area contributed by atoms with Gasteiger partial charge in [-0.2, -0.15) is 11.3 Å². The minimum atomic E-state index is 0.359. The minimum Gasteiger partial charge on any atom is -0.312 e. The third-order valence-electron chi connectivity index (χ3n) is 3.36. The SMILES string of the molecule is CCC(c1ccccc1)C(NC)c1cscc1Br. The fraction of sp³-hybridized carbons (Fsp3) is 0.333. The van der Waals surface area contributed by atoms with Crippen LogP contribution in [0.4, 0.5) is 0 Å². The van der Waals surface area contributed by atoms with Gasteiger partial charge in [0.15, 0.2) is 0 Å². The molecule has 0 aliphatic carbocycles. The van der Waals surface area contributed by atoms with Crippen LogP contribution >= 0.6 is 27.3 Å². The Bertz CT molecular complexity index is 480. The number of rotatable bonds is 5. The van der Waals surface area contributed by atoms with Gasteiger partial charge in [-0.3, -0.25) is 0 Å². The summed E-state index contributed by atoms with van der Waals surface area (Å²) in [5.74, 6) is 0.502. The summed E-state index contributed by atoms with van der Waals surface area (Å²) in [5.41, 5.74) is 2.76. The first kappa shape index (κ1) is 13.8. The van der Waals surface area contributed by atoms with Crippen LogP contribution in [0.3, 0.4) is 0 Å². The van der Waals surface area contributed by atoms with Gasteiger partial charge in [-0.25, -0.2) is 0 Å². The zero-order chi connectivity index (χ0) is 13.0. The number of nitrogens with one attached hydrogen (secondary N) is 1. The number of likely N-dealkylation sites (N-methyl/N-ethyl adjacent to an activating group) is 1. The van der Waals surface area contributed by atoms with Crippen LogP contribution in [0.5, 0.6) is 0 Å². The average molecular weight is 324 g/mol. The summed E-state index contributed by atoms with van der Waals surface area (Å²) in [7, 11) is 2.04. The molecule has 96 valence electrons.